The summed E-state index contributed by atoms with van der Waals surface area (Å²) in [6.45, 7) is 0. The Balaban J connectivity index is 2.17. The number of allylic oxidation sites excluding steroid dienone is 3. The molecule has 0 amide bonds. The Hall–Kier alpha value is -2.20. The molecule has 0 fully saturated rings. The van der Waals surface area contributed by atoms with Crippen molar-refractivity contribution in [1.82, 2.24) is 0 Å². The van der Waals surface area contributed by atoms with Gasteiger partial charge in [0.15, 0.2) is 0 Å². The van der Waals surface area contributed by atoms with Crippen molar-refractivity contribution in [3.63, 3.8) is 0 Å². The summed E-state index contributed by atoms with van der Waals surface area (Å²) >= 11 is 0. The molecule has 100 valence electrons. The summed E-state index contributed by atoms with van der Waals surface area (Å²) in [6.07, 6.45) is 7.17. The molecule has 1 aliphatic carbocycles. The molecule has 0 aromatic heterocycles. The van der Waals surface area contributed by atoms with Gasteiger partial charge in [-0.05, 0) is 35.8 Å². The number of hydrogen-bond donors (Lipinski definition) is 3. The Morgan fingerprint density at radius 2 is 1.84 bits per heavy atom. The fourth-order valence-corrected chi connectivity index (χ4v) is 1.90. The zero-order valence-electron chi connectivity index (χ0n) is 10.6. The van der Waals surface area contributed by atoms with Gasteiger partial charge < -0.3 is 20.1 Å². The van der Waals surface area contributed by atoms with Crippen LogP contribution in [0.25, 0.3) is 6.08 Å². The number of hydrogen-bond acceptors (Lipinski definition) is 4. The molecule has 2 rings (SSSR count). The van der Waals surface area contributed by atoms with Crippen molar-refractivity contribution in [3.8, 4) is 11.5 Å². The monoisotopic (exact) mass is 260 g/mol. The lowest BCUT2D eigenvalue weighted by molar-refractivity contribution is 0.128. The van der Waals surface area contributed by atoms with Crippen molar-refractivity contribution in [2.45, 2.75) is 12.5 Å². The van der Waals surface area contributed by atoms with Crippen LogP contribution >= 0.6 is 0 Å². The molecule has 1 atom stereocenters. The van der Waals surface area contributed by atoms with Crippen LogP contribution in [-0.2, 0) is 4.74 Å². The Labute approximate surface area is 111 Å². The number of benzene rings is 1. The number of aliphatic hydroxyl groups excluding tert-OH is 1. The topological polar surface area (TPSA) is 69.9 Å². The van der Waals surface area contributed by atoms with Crippen LogP contribution in [0.2, 0.25) is 0 Å². The van der Waals surface area contributed by atoms with E-state index >= 15 is 0 Å². The average molecular weight is 260 g/mol. The summed E-state index contributed by atoms with van der Waals surface area (Å²) < 4.78 is 5.08. The lowest BCUT2D eigenvalue weighted by Crippen LogP contribution is -2.13. The molecule has 4 heteroatoms. The van der Waals surface area contributed by atoms with Gasteiger partial charge in [0.05, 0.1) is 7.11 Å². The molecule has 4 nitrogen and oxygen atoms in total. The Morgan fingerprint density at radius 1 is 1.16 bits per heavy atom. The number of phenols is 2. The number of methoxy groups -OCH3 is 1. The van der Waals surface area contributed by atoms with Gasteiger partial charge in [-0.15, -0.1) is 0 Å². The maximum Gasteiger partial charge on any atom is 0.125 e. The number of phenolic OH excluding ortho intramolecular Hbond substituents is 2. The maximum absolute atomic E-state index is 9.62. The summed E-state index contributed by atoms with van der Waals surface area (Å²) in [5.74, 6) is 0.558. The molecule has 1 unspecified atom stereocenters. The second-order valence-electron chi connectivity index (χ2n) is 4.32. The molecule has 1 aromatic rings. The van der Waals surface area contributed by atoms with Crippen molar-refractivity contribution in [2.75, 3.05) is 7.11 Å². The van der Waals surface area contributed by atoms with Crippen LogP contribution in [0.4, 0.5) is 0 Å². The van der Waals surface area contributed by atoms with Gasteiger partial charge in [-0.25, -0.2) is 0 Å². The summed E-state index contributed by atoms with van der Waals surface area (Å²) in [5, 5.41) is 28.4. The van der Waals surface area contributed by atoms with E-state index in [9.17, 15) is 15.3 Å². The summed E-state index contributed by atoms with van der Waals surface area (Å²) in [7, 11) is 1.52. The molecule has 0 radical (unpaired) electrons. The van der Waals surface area contributed by atoms with E-state index in [1.54, 1.807) is 24.3 Å². The van der Waals surface area contributed by atoms with Crippen molar-refractivity contribution in [1.29, 1.82) is 0 Å². The molecule has 0 saturated carbocycles. The minimum absolute atomic E-state index is 0.0146. The normalized spacial score (nSPS) is 19.2. The lowest BCUT2D eigenvalue weighted by Gasteiger charge is -2.16. The minimum Gasteiger partial charge on any atom is -0.508 e. The zero-order chi connectivity index (χ0) is 13.8. The first-order valence-electron chi connectivity index (χ1n) is 5.93. The minimum atomic E-state index is -0.591. The first kappa shape index (κ1) is 13.2. The average Bonchev–Trinajstić information content (AvgIpc) is 2.36. The van der Waals surface area contributed by atoms with E-state index in [2.05, 4.69) is 0 Å². The van der Waals surface area contributed by atoms with Crippen LogP contribution in [0.15, 0.2) is 47.8 Å². The van der Waals surface area contributed by atoms with Crippen molar-refractivity contribution < 1.29 is 20.1 Å². The highest BCUT2D eigenvalue weighted by molar-refractivity contribution is 5.58. The van der Waals surface area contributed by atoms with E-state index in [1.165, 1.54) is 13.2 Å². The van der Waals surface area contributed by atoms with Gasteiger partial charge in [0.25, 0.3) is 0 Å². The third-order valence-corrected chi connectivity index (χ3v) is 2.84. The van der Waals surface area contributed by atoms with Gasteiger partial charge >= 0.3 is 0 Å². The van der Waals surface area contributed by atoms with Gasteiger partial charge in [0.2, 0.25) is 0 Å². The van der Waals surface area contributed by atoms with Crippen molar-refractivity contribution in [3.05, 3.63) is 53.3 Å². The van der Waals surface area contributed by atoms with Gasteiger partial charge in [-0.3, -0.25) is 0 Å². The predicted molar refractivity (Wildman–Crippen MR) is 72.6 cm³/mol. The predicted octanol–water partition coefficient (Wildman–Crippen LogP) is 2.33. The molecule has 19 heavy (non-hydrogen) atoms. The van der Waals surface area contributed by atoms with Gasteiger partial charge in [0, 0.05) is 6.07 Å². The summed E-state index contributed by atoms with van der Waals surface area (Å²) in [6, 6.07) is 4.38. The Bertz CT molecular complexity index is 535. The molecular weight excluding hydrogens is 244 g/mol. The summed E-state index contributed by atoms with van der Waals surface area (Å²) in [4.78, 5) is 0. The fraction of sp³-hybridized carbons (Fsp3) is 0.200. The van der Waals surface area contributed by atoms with Crippen LogP contribution in [0, 0.1) is 0 Å². The summed E-state index contributed by atoms with van der Waals surface area (Å²) in [5.41, 5.74) is 1.60. The van der Waals surface area contributed by atoms with Crippen LogP contribution < -0.4 is 0 Å². The molecular formula is C15H16O4. The number of ether oxygens (including phenoxy) is 1. The van der Waals surface area contributed by atoms with Gasteiger partial charge in [-0.1, -0.05) is 18.2 Å². The van der Waals surface area contributed by atoms with Crippen LogP contribution in [0.5, 0.6) is 11.5 Å². The highest BCUT2D eigenvalue weighted by Gasteiger charge is 2.14. The van der Waals surface area contributed by atoms with Gasteiger partial charge in [0.1, 0.15) is 23.4 Å². The number of aromatic hydroxyl groups is 2. The smallest absolute Gasteiger partial charge is 0.125 e. The van der Waals surface area contributed by atoms with Crippen molar-refractivity contribution in [2.24, 2.45) is 0 Å². The van der Waals surface area contributed by atoms with E-state index in [0.29, 0.717) is 17.7 Å². The highest BCUT2D eigenvalue weighted by Crippen LogP contribution is 2.23. The molecule has 0 heterocycles. The Kier molecular flexibility index (Phi) is 3.92. The molecule has 1 aromatic carbocycles. The van der Waals surface area contributed by atoms with Gasteiger partial charge in [-0.2, -0.15) is 0 Å². The second-order valence-corrected chi connectivity index (χ2v) is 4.32. The fourth-order valence-electron chi connectivity index (χ4n) is 1.90. The van der Waals surface area contributed by atoms with E-state index in [-0.39, 0.29) is 11.5 Å². The number of aliphatic hydroxyl groups is 1. The third kappa shape index (κ3) is 3.39. The molecule has 0 spiro atoms. The SMILES string of the molecule is COC1=CC(/C=C/c2cc(O)cc(O)c2)=CCC1O. The number of rotatable bonds is 3. The van der Waals surface area contributed by atoms with E-state index < -0.39 is 6.10 Å². The Morgan fingerprint density at radius 3 is 2.47 bits per heavy atom. The van der Waals surface area contributed by atoms with E-state index in [1.807, 2.05) is 12.2 Å². The second kappa shape index (κ2) is 5.63. The van der Waals surface area contributed by atoms with Crippen molar-refractivity contribution >= 4 is 6.08 Å². The first-order chi connectivity index (χ1) is 9.08. The van der Waals surface area contributed by atoms with E-state index in [4.69, 9.17) is 4.74 Å². The van der Waals surface area contributed by atoms with Crippen LogP contribution in [0.3, 0.4) is 0 Å². The largest absolute Gasteiger partial charge is 0.508 e. The highest BCUT2D eigenvalue weighted by atomic mass is 16.5. The standard InChI is InChI=1S/C15H16O4/c1-19-15-8-10(4-5-14(15)18)2-3-11-6-12(16)9-13(17)7-11/h2-4,6-9,14,16-18H,5H2,1H3/b3-2+. The quantitative estimate of drug-likeness (QED) is 0.780. The first-order valence-corrected chi connectivity index (χ1v) is 5.93. The molecule has 0 bridgehead atoms. The van der Waals surface area contributed by atoms with Crippen LogP contribution in [-0.4, -0.2) is 28.5 Å². The maximum atomic E-state index is 9.62. The van der Waals surface area contributed by atoms with E-state index in [0.717, 1.165) is 5.57 Å². The molecule has 3 N–H and O–H groups in total. The third-order valence-electron chi connectivity index (χ3n) is 2.84. The lowest BCUT2D eigenvalue weighted by atomic mass is 10.0. The molecule has 0 saturated heterocycles. The zero-order valence-corrected chi connectivity index (χ0v) is 10.6. The molecule has 0 aliphatic heterocycles. The van der Waals surface area contributed by atoms with Crippen LogP contribution in [0.1, 0.15) is 12.0 Å². The molecule has 1 aliphatic rings.